The van der Waals surface area contributed by atoms with Crippen LogP contribution in [0.15, 0.2) is 53.8 Å². The van der Waals surface area contributed by atoms with Crippen molar-refractivity contribution in [2.24, 2.45) is 0 Å². The highest BCUT2D eigenvalue weighted by Crippen LogP contribution is 2.33. The molecule has 0 aliphatic heterocycles. The van der Waals surface area contributed by atoms with Crippen LogP contribution in [0.3, 0.4) is 0 Å². The maximum absolute atomic E-state index is 13.0. The van der Waals surface area contributed by atoms with Gasteiger partial charge in [-0.2, -0.15) is 0 Å². The van der Waals surface area contributed by atoms with Crippen LogP contribution >= 0.6 is 0 Å². The minimum atomic E-state index is -3.49. The quantitative estimate of drug-likeness (QED) is 0.411. The summed E-state index contributed by atoms with van der Waals surface area (Å²) in [5.41, 5.74) is 4.31. The van der Waals surface area contributed by atoms with Gasteiger partial charge in [-0.1, -0.05) is 6.07 Å². The minimum Gasteiger partial charge on any atom is -0.476 e. The Labute approximate surface area is 212 Å². The summed E-state index contributed by atoms with van der Waals surface area (Å²) >= 11 is 0. The molecule has 0 bridgehead atoms. The molecule has 192 valence electrons. The normalized spacial score (nSPS) is 11.2. The van der Waals surface area contributed by atoms with Crippen molar-refractivity contribution in [1.82, 2.24) is 9.97 Å². The summed E-state index contributed by atoms with van der Waals surface area (Å²) in [7, 11) is -1.83. The second-order valence-corrected chi connectivity index (χ2v) is 10.2. The average Bonchev–Trinajstić information content (AvgIpc) is 2.85. The molecule has 0 saturated carbocycles. The standard InChI is InChI=1S/C26H32N4O5S/c1-6-30(12-13-34-4)23-15-20(17-28-26(23)35-7-2)22-14-19(9-8-18(22)3)25(31)29-21-10-11-27-24(16-21)36(5,32)33/h8-11,14-17H,6-7,12-13H2,1-5H3,(H,27,29,31). The Hall–Kier alpha value is -3.50. The Kier molecular flexibility index (Phi) is 9.00. The highest BCUT2D eigenvalue weighted by atomic mass is 32.2. The van der Waals surface area contributed by atoms with Gasteiger partial charge in [0.2, 0.25) is 5.88 Å². The van der Waals surface area contributed by atoms with E-state index in [1.54, 1.807) is 31.5 Å². The molecule has 0 spiro atoms. The zero-order chi connectivity index (χ0) is 26.3. The number of carbonyl (C=O) groups is 1. The highest BCUT2D eigenvalue weighted by molar-refractivity contribution is 7.90. The fraction of sp³-hybridized carbons (Fsp3) is 0.346. The van der Waals surface area contributed by atoms with Crippen LogP contribution in [0.5, 0.6) is 5.88 Å². The number of sulfone groups is 1. The predicted octanol–water partition coefficient (Wildman–Crippen LogP) is 3.98. The summed E-state index contributed by atoms with van der Waals surface area (Å²) in [5.74, 6) is 0.182. The molecule has 0 fully saturated rings. The molecule has 0 atom stereocenters. The highest BCUT2D eigenvalue weighted by Gasteiger charge is 2.17. The van der Waals surface area contributed by atoms with E-state index < -0.39 is 9.84 Å². The molecular weight excluding hydrogens is 480 g/mol. The maximum Gasteiger partial charge on any atom is 0.255 e. The summed E-state index contributed by atoms with van der Waals surface area (Å²) in [6.45, 7) is 8.43. The zero-order valence-electron chi connectivity index (χ0n) is 21.2. The lowest BCUT2D eigenvalue weighted by atomic mass is 9.98. The number of rotatable bonds is 11. The van der Waals surface area contributed by atoms with Gasteiger partial charge in [0.25, 0.3) is 5.91 Å². The molecule has 0 radical (unpaired) electrons. The molecule has 0 unspecified atom stereocenters. The monoisotopic (exact) mass is 512 g/mol. The van der Waals surface area contributed by atoms with Gasteiger partial charge >= 0.3 is 0 Å². The number of amides is 1. The van der Waals surface area contributed by atoms with Crippen LogP contribution in [0.1, 0.15) is 29.8 Å². The first-order valence-corrected chi connectivity index (χ1v) is 13.5. The second-order valence-electron chi connectivity index (χ2n) is 8.19. The van der Waals surface area contributed by atoms with Crippen molar-refractivity contribution in [2.75, 3.05) is 49.9 Å². The van der Waals surface area contributed by atoms with Crippen LogP contribution in [0.2, 0.25) is 0 Å². The lowest BCUT2D eigenvalue weighted by Crippen LogP contribution is -2.27. The summed E-state index contributed by atoms with van der Waals surface area (Å²) in [4.78, 5) is 23.6. The number of aryl methyl sites for hydroxylation is 1. The lowest BCUT2D eigenvalue weighted by Gasteiger charge is -2.25. The molecule has 3 rings (SSSR count). The fourth-order valence-electron chi connectivity index (χ4n) is 3.68. The molecule has 0 saturated heterocycles. The molecule has 9 nitrogen and oxygen atoms in total. The molecule has 1 aromatic carbocycles. The van der Waals surface area contributed by atoms with E-state index in [1.165, 1.54) is 12.3 Å². The van der Waals surface area contributed by atoms with E-state index in [2.05, 4.69) is 27.1 Å². The molecule has 3 aromatic rings. The number of hydrogen-bond acceptors (Lipinski definition) is 8. The van der Waals surface area contributed by atoms with Gasteiger partial charge < -0.3 is 19.7 Å². The van der Waals surface area contributed by atoms with Gasteiger partial charge in [0, 0.05) is 55.7 Å². The molecule has 0 aliphatic rings. The van der Waals surface area contributed by atoms with E-state index in [9.17, 15) is 13.2 Å². The SMILES string of the molecule is CCOc1ncc(-c2cc(C(=O)Nc3ccnc(S(C)(=O)=O)c3)ccc2C)cc1N(CC)CCOC. The Morgan fingerprint density at radius 1 is 1.11 bits per heavy atom. The van der Waals surface area contributed by atoms with Gasteiger partial charge in [-0.05, 0) is 62.2 Å². The number of likely N-dealkylation sites (N-methyl/N-ethyl adjacent to an activating group) is 1. The number of methoxy groups -OCH3 is 1. The van der Waals surface area contributed by atoms with Crippen LogP contribution in [0.25, 0.3) is 11.1 Å². The summed E-state index contributed by atoms with van der Waals surface area (Å²) in [6, 6.07) is 10.3. The van der Waals surface area contributed by atoms with E-state index in [4.69, 9.17) is 9.47 Å². The first kappa shape index (κ1) is 27.1. The van der Waals surface area contributed by atoms with E-state index >= 15 is 0 Å². The number of nitrogens with one attached hydrogen (secondary N) is 1. The summed E-state index contributed by atoms with van der Waals surface area (Å²) in [5, 5.41) is 2.65. The number of aromatic nitrogens is 2. The maximum atomic E-state index is 13.0. The molecule has 2 aromatic heterocycles. The van der Waals surface area contributed by atoms with Crippen molar-refractivity contribution in [3.8, 4) is 17.0 Å². The number of hydrogen-bond donors (Lipinski definition) is 1. The summed E-state index contributed by atoms with van der Waals surface area (Å²) < 4.78 is 34.6. The van der Waals surface area contributed by atoms with Crippen molar-refractivity contribution >= 4 is 27.1 Å². The average molecular weight is 513 g/mol. The Bertz CT molecular complexity index is 1330. The van der Waals surface area contributed by atoms with Gasteiger partial charge in [-0.15, -0.1) is 0 Å². The molecule has 2 heterocycles. The Morgan fingerprint density at radius 3 is 2.56 bits per heavy atom. The minimum absolute atomic E-state index is 0.105. The third-order valence-electron chi connectivity index (χ3n) is 5.58. The van der Waals surface area contributed by atoms with E-state index in [0.717, 1.165) is 35.2 Å². The lowest BCUT2D eigenvalue weighted by molar-refractivity contribution is 0.102. The van der Waals surface area contributed by atoms with E-state index in [1.807, 2.05) is 26.0 Å². The van der Waals surface area contributed by atoms with Crippen molar-refractivity contribution in [2.45, 2.75) is 25.8 Å². The third kappa shape index (κ3) is 6.58. The third-order valence-corrected chi connectivity index (χ3v) is 6.57. The van der Waals surface area contributed by atoms with Crippen molar-refractivity contribution in [3.05, 3.63) is 59.9 Å². The van der Waals surface area contributed by atoms with Gasteiger partial charge in [0.05, 0.1) is 13.2 Å². The first-order valence-electron chi connectivity index (χ1n) is 11.6. The topological polar surface area (TPSA) is 111 Å². The van der Waals surface area contributed by atoms with Crippen molar-refractivity contribution < 1.29 is 22.7 Å². The first-order chi connectivity index (χ1) is 17.2. The van der Waals surface area contributed by atoms with Crippen LogP contribution < -0.4 is 15.0 Å². The van der Waals surface area contributed by atoms with E-state index in [0.29, 0.717) is 36.9 Å². The largest absolute Gasteiger partial charge is 0.476 e. The van der Waals surface area contributed by atoms with Gasteiger partial charge in [0.1, 0.15) is 5.69 Å². The predicted molar refractivity (Wildman–Crippen MR) is 141 cm³/mol. The Morgan fingerprint density at radius 2 is 1.89 bits per heavy atom. The van der Waals surface area contributed by atoms with Crippen molar-refractivity contribution in [3.63, 3.8) is 0 Å². The molecular formula is C26H32N4O5S. The number of anilines is 2. The number of pyridine rings is 2. The number of carbonyl (C=O) groups excluding carboxylic acids is 1. The van der Waals surface area contributed by atoms with Crippen LogP contribution in [0.4, 0.5) is 11.4 Å². The van der Waals surface area contributed by atoms with Crippen molar-refractivity contribution in [1.29, 1.82) is 0 Å². The fourth-order valence-corrected chi connectivity index (χ4v) is 4.27. The number of benzene rings is 1. The molecule has 10 heteroatoms. The molecule has 1 amide bonds. The van der Waals surface area contributed by atoms with Gasteiger partial charge in [-0.3, -0.25) is 4.79 Å². The van der Waals surface area contributed by atoms with Crippen LogP contribution in [-0.4, -0.2) is 64.0 Å². The number of ether oxygens (including phenoxy) is 2. The molecule has 1 N–H and O–H groups in total. The second kappa shape index (κ2) is 12.0. The zero-order valence-corrected chi connectivity index (χ0v) is 22.1. The van der Waals surface area contributed by atoms with Crippen LogP contribution in [-0.2, 0) is 14.6 Å². The number of nitrogens with zero attached hydrogens (tertiary/aromatic N) is 3. The smallest absolute Gasteiger partial charge is 0.255 e. The summed E-state index contributed by atoms with van der Waals surface area (Å²) in [6.07, 6.45) is 4.16. The Balaban J connectivity index is 1.96. The molecule has 0 aliphatic carbocycles. The van der Waals surface area contributed by atoms with E-state index in [-0.39, 0.29) is 10.9 Å². The van der Waals surface area contributed by atoms with Crippen LogP contribution in [0, 0.1) is 6.92 Å². The van der Waals surface area contributed by atoms with Gasteiger partial charge in [-0.25, -0.2) is 18.4 Å². The van der Waals surface area contributed by atoms with Gasteiger partial charge in [0.15, 0.2) is 14.9 Å². The molecule has 36 heavy (non-hydrogen) atoms.